The molecule has 3 N–H and O–H groups in total. The Kier molecular flexibility index (Phi) is 4.08. The Morgan fingerprint density at radius 2 is 1.94 bits per heavy atom. The van der Waals surface area contributed by atoms with Crippen molar-refractivity contribution in [2.75, 3.05) is 0 Å². The maximum atomic E-state index is 5.73. The lowest BCUT2D eigenvalue weighted by Gasteiger charge is -2.23. The molecule has 0 amide bonds. The van der Waals surface area contributed by atoms with E-state index >= 15 is 0 Å². The van der Waals surface area contributed by atoms with Gasteiger partial charge in [-0.3, -0.25) is 11.3 Å². The number of aryl methyl sites for hydroxylation is 2. The molecule has 0 radical (unpaired) electrons. The average Bonchev–Trinajstić information content (AvgIpc) is 2.75. The fourth-order valence-corrected chi connectivity index (χ4v) is 2.73. The molecular weight excluding hydrogens is 220 g/mol. The summed E-state index contributed by atoms with van der Waals surface area (Å²) < 4.78 is 0. The van der Waals surface area contributed by atoms with Crippen molar-refractivity contribution in [1.82, 2.24) is 5.43 Å². The van der Waals surface area contributed by atoms with Crippen molar-refractivity contribution in [3.63, 3.8) is 0 Å². The average molecular weight is 246 g/mol. The SMILES string of the molecule is CC(C)(C)CCC(NN)c1ccc2c(c1)CCC2. The monoisotopic (exact) mass is 246 g/mol. The molecule has 1 aliphatic carbocycles. The summed E-state index contributed by atoms with van der Waals surface area (Å²) in [6.45, 7) is 6.84. The van der Waals surface area contributed by atoms with E-state index in [9.17, 15) is 0 Å². The molecule has 2 heteroatoms. The summed E-state index contributed by atoms with van der Waals surface area (Å²) in [6.07, 6.45) is 6.07. The number of hydrogen-bond acceptors (Lipinski definition) is 2. The first kappa shape index (κ1) is 13.6. The van der Waals surface area contributed by atoms with Gasteiger partial charge in [0.1, 0.15) is 0 Å². The number of hydrazine groups is 1. The van der Waals surface area contributed by atoms with Crippen LogP contribution in [0.4, 0.5) is 0 Å². The van der Waals surface area contributed by atoms with Crippen molar-refractivity contribution >= 4 is 0 Å². The van der Waals surface area contributed by atoms with Crippen molar-refractivity contribution in [3.05, 3.63) is 34.9 Å². The number of nitrogens with one attached hydrogen (secondary N) is 1. The van der Waals surface area contributed by atoms with Crippen LogP contribution in [-0.4, -0.2) is 0 Å². The van der Waals surface area contributed by atoms with E-state index in [1.807, 2.05) is 0 Å². The molecule has 1 aliphatic rings. The number of fused-ring (bicyclic) bond motifs is 1. The van der Waals surface area contributed by atoms with Crippen molar-refractivity contribution in [2.24, 2.45) is 11.3 Å². The topological polar surface area (TPSA) is 38.0 Å². The minimum Gasteiger partial charge on any atom is -0.271 e. The molecule has 1 aromatic carbocycles. The summed E-state index contributed by atoms with van der Waals surface area (Å²) in [4.78, 5) is 0. The molecule has 0 fully saturated rings. The first-order valence-electron chi connectivity index (χ1n) is 7.07. The van der Waals surface area contributed by atoms with Crippen LogP contribution in [0, 0.1) is 5.41 Å². The van der Waals surface area contributed by atoms with E-state index in [0.717, 1.165) is 6.42 Å². The predicted molar refractivity (Wildman–Crippen MR) is 77.2 cm³/mol. The molecule has 0 aromatic heterocycles. The Labute approximate surface area is 111 Å². The first-order valence-corrected chi connectivity index (χ1v) is 7.07. The second-order valence-corrected chi connectivity index (χ2v) is 6.70. The molecule has 2 rings (SSSR count). The zero-order valence-electron chi connectivity index (χ0n) is 11.9. The quantitative estimate of drug-likeness (QED) is 0.630. The van der Waals surface area contributed by atoms with Crippen LogP contribution in [0.15, 0.2) is 18.2 Å². The second kappa shape index (κ2) is 5.41. The molecule has 0 aliphatic heterocycles. The molecule has 0 bridgehead atoms. The summed E-state index contributed by atoms with van der Waals surface area (Å²) in [5.74, 6) is 5.73. The third kappa shape index (κ3) is 3.33. The van der Waals surface area contributed by atoms with Crippen LogP contribution in [0.25, 0.3) is 0 Å². The van der Waals surface area contributed by atoms with E-state index in [4.69, 9.17) is 5.84 Å². The van der Waals surface area contributed by atoms with E-state index in [0.29, 0.717) is 5.41 Å². The maximum absolute atomic E-state index is 5.73. The molecule has 1 unspecified atom stereocenters. The summed E-state index contributed by atoms with van der Waals surface area (Å²) in [5.41, 5.74) is 7.76. The Morgan fingerprint density at radius 1 is 1.22 bits per heavy atom. The van der Waals surface area contributed by atoms with Crippen LogP contribution in [0.2, 0.25) is 0 Å². The normalized spacial score (nSPS) is 16.7. The van der Waals surface area contributed by atoms with Crippen LogP contribution in [-0.2, 0) is 12.8 Å². The van der Waals surface area contributed by atoms with E-state index in [-0.39, 0.29) is 6.04 Å². The van der Waals surface area contributed by atoms with Gasteiger partial charge in [0, 0.05) is 6.04 Å². The van der Waals surface area contributed by atoms with E-state index in [1.165, 1.54) is 42.4 Å². The minimum absolute atomic E-state index is 0.287. The molecule has 0 heterocycles. The van der Waals surface area contributed by atoms with Crippen molar-refractivity contribution in [3.8, 4) is 0 Å². The third-order valence-corrected chi connectivity index (χ3v) is 3.91. The zero-order valence-corrected chi connectivity index (χ0v) is 11.9. The van der Waals surface area contributed by atoms with Crippen LogP contribution < -0.4 is 11.3 Å². The molecule has 18 heavy (non-hydrogen) atoms. The Bertz CT molecular complexity index is 404. The largest absolute Gasteiger partial charge is 0.271 e. The maximum Gasteiger partial charge on any atom is 0.0460 e. The van der Waals surface area contributed by atoms with Gasteiger partial charge in [0.25, 0.3) is 0 Å². The lowest BCUT2D eigenvalue weighted by Crippen LogP contribution is -2.29. The highest BCUT2D eigenvalue weighted by atomic mass is 15.2. The van der Waals surface area contributed by atoms with Gasteiger partial charge < -0.3 is 0 Å². The molecule has 100 valence electrons. The van der Waals surface area contributed by atoms with Crippen molar-refractivity contribution < 1.29 is 0 Å². The minimum atomic E-state index is 0.287. The van der Waals surface area contributed by atoms with Gasteiger partial charge in [-0.05, 0) is 54.2 Å². The Hall–Kier alpha value is -0.860. The molecule has 1 atom stereocenters. The predicted octanol–water partition coefficient (Wildman–Crippen LogP) is 3.51. The zero-order chi connectivity index (χ0) is 13.2. The number of benzene rings is 1. The highest BCUT2D eigenvalue weighted by Crippen LogP contribution is 2.30. The van der Waals surface area contributed by atoms with E-state index in [2.05, 4.69) is 44.4 Å². The van der Waals surface area contributed by atoms with Gasteiger partial charge in [0.2, 0.25) is 0 Å². The van der Waals surface area contributed by atoms with Gasteiger partial charge in [-0.2, -0.15) is 0 Å². The summed E-state index contributed by atoms with van der Waals surface area (Å²) in [7, 11) is 0. The van der Waals surface area contributed by atoms with Gasteiger partial charge >= 0.3 is 0 Å². The molecule has 1 aromatic rings. The second-order valence-electron chi connectivity index (χ2n) is 6.70. The van der Waals surface area contributed by atoms with Gasteiger partial charge in [0.05, 0.1) is 0 Å². The Morgan fingerprint density at radius 3 is 2.61 bits per heavy atom. The van der Waals surface area contributed by atoms with Crippen LogP contribution in [0.3, 0.4) is 0 Å². The lowest BCUT2D eigenvalue weighted by molar-refractivity contribution is 0.333. The van der Waals surface area contributed by atoms with Crippen LogP contribution >= 0.6 is 0 Å². The van der Waals surface area contributed by atoms with E-state index < -0.39 is 0 Å². The molecule has 0 saturated heterocycles. The van der Waals surface area contributed by atoms with Gasteiger partial charge in [0.15, 0.2) is 0 Å². The molecule has 2 nitrogen and oxygen atoms in total. The highest BCUT2D eigenvalue weighted by Gasteiger charge is 2.18. The van der Waals surface area contributed by atoms with Gasteiger partial charge in [-0.25, -0.2) is 0 Å². The van der Waals surface area contributed by atoms with Crippen LogP contribution in [0.1, 0.15) is 62.8 Å². The molecular formula is C16H26N2. The molecule has 0 spiro atoms. The standard InChI is InChI=1S/C16H26N2/c1-16(2,3)10-9-15(18-17)14-8-7-12-5-4-6-13(12)11-14/h7-8,11,15,18H,4-6,9-10,17H2,1-3H3. The molecule has 0 saturated carbocycles. The smallest absolute Gasteiger partial charge is 0.0460 e. The number of nitrogens with two attached hydrogens (primary N) is 1. The van der Waals surface area contributed by atoms with Crippen molar-refractivity contribution in [2.45, 2.75) is 58.9 Å². The van der Waals surface area contributed by atoms with Gasteiger partial charge in [-0.1, -0.05) is 39.0 Å². The van der Waals surface area contributed by atoms with E-state index in [1.54, 1.807) is 0 Å². The van der Waals surface area contributed by atoms with Gasteiger partial charge in [-0.15, -0.1) is 0 Å². The van der Waals surface area contributed by atoms with Crippen LogP contribution in [0.5, 0.6) is 0 Å². The third-order valence-electron chi connectivity index (χ3n) is 3.91. The summed E-state index contributed by atoms with van der Waals surface area (Å²) >= 11 is 0. The number of rotatable bonds is 4. The summed E-state index contributed by atoms with van der Waals surface area (Å²) in [6, 6.07) is 7.18. The lowest BCUT2D eigenvalue weighted by atomic mass is 9.87. The summed E-state index contributed by atoms with van der Waals surface area (Å²) in [5, 5.41) is 0. The van der Waals surface area contributed by atoms with Crippen molar-refractivity contribution in [1.29, 1.82) is 0 Å². The fourth-order valence-electron chi connectivity index (χ4n) is 2.73. The first-order chi connectivity index (χ1) is 8.49. The number of hydrogen-bond donors (Lipinski definition) is 2. The Balaban J connectivity index is 2.08. The highest BCUT2D eigenvalue weighted by molar-refractivity contribution is 5.36. The fraction of sp³-hybridized carbons (Fsp3) is 0.625.